The van der Waals surface area contributed by atoms with E-state index in [1.807, 2.05) is 60.8 Å². The number of nitrogens with one attached hydrogen (secondary N) is 1. The van der Waals surface area contributed by atoms with Crippen molar-refractivity contribution in [3.8, 4) is 0 Å². The number of rotatable bonds is 5. The summed E-state index contributed by atoms with van der Waals surface area (Å²) in [5.74, 6) is 0.385. The van der Waals surface area contributed by atoms with Gasteiger partial charge in [-0.25, -0.2) is 0 Å². The second kappa shape index (κ2) is 8.12. The van der Waals surface area contributed by atoms with Crippen LogP contribution < -0.4 is 5.32 Å². The van der Waals surface area contributed by atoms with Crippen molar-refractivity contribution in [2.75, 3.05) is 5.32 Å². The van der Waals surface area contributed by atoms with Crippen LogP contribution in [0, 0.1) is 0 Å². The zero-order valence-corrected chi connectivity index (χ0v) is 17.5. The number of carbonyl (C=O) groups is 1. The van der Waals surface area contributed by atoms with Gasteiger partial charge in [0.25, 0.3) is 5.91 Å². The molecule has 32 heavy (non-hydrogen) atoms. The summed E-state index contributed by atoms with van der Waals surface area (Å²) in [5, 5.41) is 7.98. The highest BCUT2D eigenvalue weighted by molar-refractivity contribution is 5.91. The van der Waals surface area contributed by atoms with Crippen molar-refractivity contribution in [3.63, 3.8) is 0 Å². The van der Waals surface area contributed by atoms with Gasteiger partial charge in [-0.15, -0.1) is 5.10 Å². The van der Waals surface area contributed by atoms with Crippen molar-refractivity contribution in [1.29, 1.82) is 0 Å². The van der Waals surface area contributed by atoms with Crippen molar-refractivity contribution in [1.82, 2.24) is 14.8 Å². The normalized spacial score (nSPS) is 16.9. The topological polar surface area (TPSA) is 59.8 Å². The highest BCUT2D eigenvalue weighted by atomic mass is 16.2. The molecule has 0 spiro atoms. The number of fused-ring (bicyclic) bond motifs is 1. The van der Waals surface area contributed by atoms with Crippen LogP contribution in [0.2, 0.25) is 0 Å². The summed E-state index contributed by atoms with van der Waals surface area (Å²) in [5.41, 5.74) is 4.37. The van der Waals surface area contributed by atoms with Crippen LogP contribution in [-0.4, -0.2) is 20.7 Å². The third-order valence-corrected chi connectivity index (χ3v) is 5.89. The van der Waals surface area contributed by atoms with E-state index in [9.17, 15) is 4.79 Å². The molecular formula is C27H22N4O. The van der Waals surface area contributed by atoms with E-state index in [2.05, 4.69) is 52.3 Å². The number of carbonyl (C=O) groups excluding carboxylic acids is 1. The molecule has 1 aliphatic carbocycles. The fraction of sp³-hybridized carbons (Fsp3) is 0.0741. The predicted molar refractivity (Wildman–Crippen MR) is 127 cm³/mol. The van der Waals surface area contributed by atoms with Gasteiger partial charge in [0.05, 0.1) is 5.69 Å². The molecule has 4 aromatic rings. The minimum absolute atomic E-state index is 0.259. The number of hydrogen-bond acceptors (Lipinski definition) is 4. The van der Waals surface area contributed by atoms with E-state index in [-0.39, 0.29) is 5.91 Å². The maximum absolute atomic E-state index is 12.8. The average molecular weight is 419 g/mol. The van der Waals surface area contributed by atoms with Crippen LogP contribution in [0.15, 0.2) is 104 Å². The first-order valence-corrected chi connectivity index (χ1v) is 10.5. The van der Waals surface area contributed by atoms with Crippen molar-refractivity contribution in [2.45, 2.75) is 11.8 Å². The Morgan fingerprint density at radius 1 is 1.00 bits per heavy atom. The molecule has 0 bridgehead atoms. The lowest BCUT2D eigenvalue weighted by molar-refractivity contribution is 0.0950. The van der Waals surface area contributed by atoms with Gasteiger partial charge in [-0.3, -0.25) is 9.78 Å². The maximum Gasteiger partial charge on any atom is 0.270 e. The molecule has 0 aliphatic heterocycles. The van der Waals surface area contributed by atoms with Gasteiger partial charge in [0.2, 0.25) is 0 Å². The summed E-state index contributed by atoms with van der Waals surface area (Å²) in [4.78, 5) is 17.1. The minimum Gasteiger partial charge on any atom is -0.338 e. The highest BCUT2D eigenvalue weighted by Crippen LogP contribution is 2.43. The van der Waals surface area contributed by atoms with Gasteiger partial charge in [0, 0.05) is 35.5 Å². The Kier molecular flexibility index (Phi) is 5.00. The molecule has 0 fully saturated rings. The van der Waals surface area contributed by atoms with Crippen LogP contribution in [0.4, 0.5) is 11.5 Å². The van der Waals surface area contributed by atoms with Gasteiger partial charge in [-0.1, -0.05) is 73.3 Å². The summed E-state index contributed by atoms with van der Waals surface area (Å²) in [6, 6.07) is 24.1. The first-order valence-electron chi connectivity index (χ1n) is 10.5. The summed E-state index contributed by atoms with van der Waals surface area (Å²) in [7, 11) is 0. The zero-order chi connectivity index (χ0) is 22.0. The molecule has 1 N–H and O–H groups in total. The molecular weight excluding hydrogens is 396 g/mol. The number of aromatic nitrogens is 3. The van der Waals surface area contributed by atoms with E-state index in [1.165, 1.54) is 10.8 Å². The predicted octanol–water partition coefficient (Wildman–Crippen LogP) is 5.40. The van der Waals surface area contributed by atoms with Gasteiger partial charge in [-0.2, -0.15) is 4.68 Å². The lowest BCUT2D eigenvalue weighted by Gasteiger charge is -2.34. The number of hydrogen-bond donors (Lipinski definition) is 1. The molecule has 0 amide bonds. The molecule has 5 nitrogen and oxygen atoms in total. The van der Waals surface area contributed by atoms with Gasteiger partial charge in [0.1, 0.15) is 0 Å². The molecule has 0 saturated carbocycles. The van der Waals surface area contributed by atoms with Crippen LogP contribution in [0.3, 0.4) is 0 Å². The monoisotopic (exact) mass is 418 g/mol. The van der Waals surface area contributed by atoms with E-state index in [1.54, 1.807) is 6.20 Å². The van der Waals surface area contributed by atoms with Crippen molar-refractivity contribution in [2.24, 2.45) is 0 Å². The Labute approximate surface area is 186 Å². The fourth-order valence-corrected chi connectivity index (χ4v) is 4.30. The summed E-state index contributed by atoms with van der Waals surface area (Å²) >= 11 is 0. The number of pyridine rings is 1. The minimum atomic E-state index is -0.466. The van der Waals surface area contributed by atoms with Gasteiger partial charge in [0.15, 0.2) is 5.82 Å². The number of allylic oxidation sites excluding steroid dienone is 2. The van der Waals surface area contributed by atoms with E-state index < -0.39 is 5.41 Å². The molecule has 5 heteroatoms. The number of anilines is 2. The first-order chi connectivity index (χ1) is 15.7. The van der Waals surface area contributed by atoms with Crippen molar-refractivity contribution >= 4 is 23.5 Å². The molecule has 0 saturated heterocycles. The zero-order valence-electron chi connectivity index (χ0n) is 17.5. The van der Waals surface area contributed by atoms with E-state index in [0.29, 0.717) is 12.2 Å². The molecule has 2 aromatic heterocycles. The molecule has 1 aliphatic rings. The maximum atomic E-state index is 12.8. The second-order valence-corrected chi connectivity index (χ2v) is 7.74. The molecule has 2 aromatic carbocycles. The lowest BCUT2D eigenvalue weighted by atomic mass is 9.69. The van der Waals surface area contributed by atoms with E-state index in [4.69, 9.17) is 0 Å². The van der Waals surface area contributed by atoms with E-state index in [0.717, 1.165) is 28.1 Å². The van der Waals surface area contributed by atoms with Crippen LogP contribution in [-0.2, 0) is 11.8 Å². The lowest BCUT2D eigenvalue weighted by Crippen LogP contribution is -2.32. The molecule has 2 heterocycles. The van der Waals surface area contributed by atoms with Crippen LogP contribution in [0.1, 0.15) is 27.2 Å². The number of benzene rings is 2. The largest absolute Gasteiger partial charge is 0.338 e. The Balaban J connectivity index is 1.68. The molecule has 156 valence electrons. The number of nitrogens with zero attached hydrogens (tertiary/aromatic N) is 3. The number of para-hydroxylation sites is 1. The van der Waals surface area contributed by atoms with E-state index >= 15 is 0 Å². The Bertz CT molecular complexity index is 1250. The molecule has 1 atom stereocenters. The standard InChI is InChI=1S/C27H22N4O/c1-2-25(32)31-24-18-27(20-10-5-3-6-11-20,21-12-9-17-28-19-21)16-15-23(24)26(30-31)29-22-13-7-4-8-14-22/h2-17,19H,1,18H2,(H,29,30). The van der Waals surface area contributed by atoms with Gasteiger partial charge in [-0.05, 0) is 35.4 Å². The third-order valence-electron chi connectivity index (χ3n) is 5.89. The summed E-state index contributed by atoms with van der Waals surface area (Å²) < 4.78 is 1.46. The molecule has 1 unspecified atom stereocenters. The Hall–Kier alpha value is -4.25. The van der Waals surface area contributed by atoms with Crippen molar-refractivity contribution < 1.29 is 4.79 Å². The van der Waals surface area contributed by atoms with Crippen LogP contribution in [0.5, 0.6) is 0 Å². The smallest absolute Gasteiger partial charge is 0.270 e. The van der Waals surface area contributed by atoms with Crippen LogP contribution in [0.25, 0.3) is 6.08 Å². The fourth-order valence-electron chi connectivity index (χ4n) is 4.30. The first kappa shape index (κ1) is 19.7. The van der Waals surface area contributed by atoms with Gasteiger partial charge < -0.3 is 5.32 Å². The third kappa shape index (κ3) is 3.34. The SMILES string of the molecule is C=CC(=O)n1nc(Nc2ccccc2)c2c1CC(c1ccccc1)(c1cccnc1)C=C2. The van der Waals surface area contributed by atoms with Gasteiger partial charge >= 0.3 is 0 Å². The molecule has 5 rings (SSSR count). The second-order valence-electron chi connectivity index (χ2n) is 7.74. The quantitative estimate of drug-likeness (QED) is 0.441. The van der Waals surface area contributed by atoms with Crippen molar-refractivity contribution in [3.05, 3.63) is 126 Å². The molecule has 0 radical (unpaired) electrons. The average Bonchev–Trinajstić information content (AvgIpc) is 3.22. The van der Waals surface area contributed by atoms with Crippen LogP contribution >= 0.6 is 0 Å². The Morgan fingerprint density at radius 2 is 1.72 bits per heavy atom. The highest BCUT2D eigenvalue weighted by Gasteiger charge is 2.38. The summed E-state index contributed by atoms with van der Waals surface area (Å²) in [6.45, 7) is 3.67. The summed E-state index contributed by atoms with van der Waals surface area (Å²) in [6.07, 6.45) is 9.78. The Morgan fingerprint density at radius 3 is 2.41 bits per heavy atom.